The standard InChI is InChI=1S/C29H27N3O4/c1-35-29(34)11-8-20-4-2-5-21(16-20)18-31-14-13-26(30)22-6-3-7-23(17-22)36-28-10-9-27-24(12-15-32-27)25(28)19-33/h2-17,32-33H,18-19,30H2,1H3/b11-8+,26-13-,31-14?. The third-order valence-corrected chi connectivity index (χ3v) is 5.55. The molecule has 0 fully saturated rings. The molecule has 4 rings (SSSR count). The van der Waals surface area contributed by atoms with Gasteiger partial charge in [0.05, 0.1) is 20.3 Å². The molecule has 0 saturated carbocycles. The number of aliphatic hydroxyl groups is 1. The number of nitrogens with two attached hydrogens (primary N) is 1. The zero-order valence-corrected chi connectivity index (χ0v) is 19.8. The number of ether oxygens (including phenoxy) is 2. The first-order chi connectivity index (χ1) is 17.6. The summed E-state index contributed by atoms with van der Waals surface area (Å²) in [4.78, 5) is 18.8. The highest BCUT2D eigenvalue weighted by Crippen LogP contribution is 2.32. The minimum Gasteiger partial charge on any atom is -0.466 e. The number of carbonyl (C=O) groups excluding carboxylic acids is 1. The molecule has 0 amide bonds. The molecular weight excluding hydrogens is 454 g/mol. The van der Waals surface area contributed by atoms with E-state index in [0.29, 0.717) is 23.7 Å². The molecule has 0 aliphatic heterocycles. The lowest BCUT2D eigenvalue weighted by Crippen LogP contribution is -1.98. The maximum atomic E-state index is 11.3. The number of aromatic nitrogens is 1. The average Bonchev–Trinajstić information content (AvgIpc) is 3.39. The van der Waals surface area contributed by atoms with Gasteiger partial charge in [0.15, 0.2) is 0 Å². The third-order valence-electron chi connectivity index (χ3n) is 5.55. The number of allylic oxidation sites excluding steroid dienone is 1. The van der Waals surface area contributed by atoms with Crippen LogP contribution < -0.4 is 10.5 Å². The van der Waals surface area contributed by atoms with Gasteiger partial charge in [-0.25, -0.2) is 4.79 Å². The molecule has 182 valence electrons. The Kier molecular flexibility index (Phi) is 7.95. The van der Waals surface area contributed by atoms with Crippen LogP contribution in [0.4, 0.5) is 0 Å². The number of methoxy groups -OCH3 is 1. The number of carbonyl (C=O) groups is 1. The summed E-state index contributed by atoms with van der Waals surface area (Å²) in [7, 11) is 1.34. The Bertz CT molecular complexity index is 1450. The van der Waals surface area contributed by atoms with E-state index < -0.39 is 5.97 Å². The van der Waals surface area contributed by atoms with Gasteiger partial charge in [0, 0.05) is 46.2 Å². The molecule has 4 N–H and O–H groups in total. The number of hydrogen-bond acceptors (Lipinski definition) is 6. The average molecular weight is 482 g/mol. The van der Waals surface area contributed by atoms with E-state index in [1.807, 2.05) is 72.9 Å². The highest BCUT2D eigenvalue weighted by molar-refractivity contribution is 5.87. The number of nitrogens with zero attached hydrogens (tertiary/aromatic N) is 1. The van der Waals surface area contributed by atoms with E-state index >= 15 is 0 Å². The van der Waals surface area contributed by atoms with Crippen LogP contribution in [-0.4, -0.2) is 29.4 Å². The van der Waals surface area contributed by atoms with E-state index in [9.17, 15) is 9.90 Å². The molecule has 0 aliphatic carbocycles. The summed E-state index contributed by atoms with van der Waals surface area (Å²) in [5.41, 5.74) is 11.2. The first-order valence-electron chi connectivity index (χ1n) is 11.4. The van der Waals surface area contributed by atoms with Crippen LogP contribution in [0.2, 0.25) is 0 Å². The summed E-state index contributed by atoms with van der Waals surface area (Å²) in [5, 5.41) is 10.8. The molecule has 0 saturated heterocycles. The van der Waals surface area contributed by atoms with Crippen LogP contribution in [0.5, 0.6) is 11.5 Å². The van der Waals surface area contributed by atoms with E-state index in [4.69, 9.17) is 10.5 Å². The minimum atomic E-state index is -0.399. The largest absolute Gasteiger partial charge is 0.466 e. The van der Waals surface area contributed by atoms with Crippen LogP contribution in [-0.2, 0) is 22.7 Å². The predicted molar refractivity (Wildman–Crippen MR) is 143 cm³/mol. The van der Waals surface area contributed by atoms with Crippen molar-refractivity contribution >= 4 is 34.9 Å². The van der Waals surface area contributed by atoms with E-state index in [-0.39, 0.29) is 6.61 Å². The Hall–Kier alpha value is -4.62. The first-order valence-corrected chi connectivity index (χ1v) is 11.4. The van der Waals surface area contributed by atoms with Crippen LogP contribution in [0.15, 0.2) is 90.1 Å². The molecule has 0 radical (unpaired) electrons. The summed E-state index contributed by atoms with van der Waals surface area (Å²) < 4.78 is 10.7. The predicted octanol–water partition coefficient (Wildman–Crippen LogP) is 5.21. The van der Waals surface area contributed by atoms with Gasteiger partial charge in [-0.3, -0.25) is 4.99 Å². The zero-order chi connectivity index (χ0) is 25.3. The summed E-state index contributed by atoms with van der Waals surface area (Å²) in [6, 6.07) is 20.9. The van der Waals surface area contributed by atoms with Gasteiger partial charge in [-0.15, -0.1) is 0 Å². The van der Waals surface area contributed by atoms with E-state index in [2.05, 4.69) is 14.7 Å². The molecule has 1 aromatic heterocycles. The van der Waals surface area contributed by atoms with E-state index in [0.717, 1.165) is 33.2 Å². The molecular formula is C29H27N3O4. The van der Waals surface area contributed by atoms with Crippen molar-refractivity contribution in [2.75, 3.05) is 7.11 Å². The Morgan fingerprint density at radius 1 is 1.11 bits per heavy atom. The Morgan fingerprint density at radius 2 is 1.97 bits per heavy atom. The fourth-order valence-corrected chi connectivity index (χ4v) is 3.72. The third kappa shape index (κ3) is 6.08. The summed E-state index contributed by atoms with van der Waals surface area (Å²) in [5.74, 6) is 0.806. The highest BCUT2D eigenvalue weighted by Gasteiger charge is 2.10. The van der Waals surface area contributed by atoms with Gasteiger partial charge in [0.25, 0.3) is 0 Å². The molecule has 0 bridgehead atoms. The Labute approximate surface area is 209 Å². The zero-order valence-electron chi connectivity index (χ0n) is 19.8. The first kappa shape index (κ1) is 24.5. The van der Waals surface area contributed by atoms with Gasteiger partial charge >= 0.3 is 5.97 Å². The lowest BCUT2D eigenvalue weighted by Gasteiger charge is -2.12. The lowest BCUT2D eigenvalue weighted by atomic mass is 10.1. The molecule has 0 aliphatic rings. The second kappa shape index (κ2) is 11.7. The minimum absolute atomic E-state index is 0.132. The Morgan fingerprint density at radius 3 is 2.81 bits per heavy atom. The number of aliphatic imine (C=N–C) groups is 1. The van der Waals surface area contributed by atoms with Gasteiger partial charge in [-0.2, -0.15) is 0 Å². The van der Waals surface area contributed by atoms with Crippen molar-refractivity contribution in [3.05, 3.63) is 107 Å². The maximum Gasteiger partial charge on any atom is 0.330 e. The number of benzene rings is 3. The van der Waals surface area contributed by atoms with Crippen molar-refractivity contribution in [2.24, 2.45) is 10.7 Å². The molecule has 1 heterocycles. The van der Waals surface area contributed by atoms with Crippen LogP contribution in [0.25, 0.3) is 22.7 Å². The van der Waals surface area contributed by atoms with Gasteiger partial charge in [-0.05, 0) is 59.7 Å². The molecule has 36 heavy (non-hydrogen) atoms. The van der Waals surface area contributed by atoms with Crippen molar-refractivity contribution < 1.29 is 19.4 Å². The van der Waals surface area contributed by atoms with Crippen LogP contribution in [0, 0.1) is 0 Å². The molecule has 7 nitrogen and oxygen atoms in total. The smallest absolute Gasteiger partial charge is 0.330 e. The number of fused-ring (bicyclic) bond motifs is 1. The topological polar surface area (TPSA) is 110 Å². The molecule has 3 aromatic carbocycles. The SMILES string of the molecule is COC(=O)/C=C/c1cccc(CN=C/C=C(\N)c2cccc(Oc3ccc4[nH]ccc4c3CO)c2)c1. The summed E-state index contributed by atoms with van der Waals surface area (Å²) >= 11 is 0. The van der Waals surface area contributed by atoms with Gasteiger partial charge in [-0.1, -0.05) is 30.3 Å². The highest BCUT2D eigenvalue weighted by atomic mass is 16.5. The van der Waals surface area contributed by atoms with Gasteiger partial charge < -0.3 is 25.3 Å². The quantitative estimate of drug-likeness (QED) is 0.173. The van der Waals surface area contributed by atoms with Crippen molar-refractivity contribution in [3.63, 3.8) is 0 Å². The number of esters is 1. The molecule has 0 unspecified atom stereocenters. The van der Waals surface area contributed by atoms with Crippen molar-refractivity contribution in [1.29, 1.82) is 0 Å². The number of aliphatic hydroxyl groups excluding tert-OH is 1. The maximum absolute atomic E-state index is 11.3. The summed E-state index contributed by atoms with van der Waals surface area (Å²) in [6.45, 7) is 0.339. The fourth-order valence-electron chi connectivity index (χ4n) is 3.72. The monoisotopic (exact) mass is 481 g/mol. The second-order valence-electron chi connectivity index (χ2n) is 7.98. The number of hydrogen-bond donors (Lipinski definition) is 3. The fraction of sp³-hybridized carbons (Fsp3) is 0.103. The van der Waals surface area contributed by atoms with Crippen LogP contribution in [0.1, 0.15) is 22.3 Å². The number of aromatic amines is 1. The normalized spacial score (nSPS) is 12.0. The second-order valence-corrected chi connectivity index (χ2v) is 7.98. The van der Waals surface area contributed by atoms with E-state index in [1.165, 1.54) is 13.2 Å². The van der Waals surface area contributed by atoms with Gasteiger partial charge in [0.2, 0.25) is 0 Å². The van der Waals surface area contributed by atoms with Crippen LogP contribution >= 0.6 is 0 Å². The van der Waals surface area contributed by atoms with Crippen molar-refractivity contribution in [2.45, 2.75) is 13.2 Å². The lowest BCUT2D eigenvalue weighted by molar-refractivity contribution is -0.134. The summed E-state index contributed by atoms with van der Waals surface area (Å²) in [6.07, 6.45) is 8.33. The molecule has 7 heteroatoms. The van der Waals surface area contributed by atoms with Crippen molar-refractivity contribution in [1.82, 2.24) is 4.98 Å². The van der Waals surface area contributed by atoms with Crippen LogP contribution in [0.3, 0.4) is 0 Å². The van der Waals surface area contributed by atoms with E-state index in [1.54, 1.807) is 18.4 Å². The number of rotatable bonds is 9. The van der Waals surface area contributed by atoms with Crippen molar-refractivity contribution in [3.8, 4) is 11.5 Å². The number of nitrogens with one attached hydrogen (secondary N) is 1. The molecule has 4 aromatic rings. The number of H-pyrrole nitrogens is 1. The molecule has 0 spiro atoms. The molecule has 0 atom stereocenters. The Balaban J connectivity index is 1.42. The van der Waals surface area contributed by atoms with Gasteiger partial charge in [0.1, 0.15) is 11.5 Å².